The standard InChI is InChI=1S/C12H22N2O3/c1-13-12(11(15)16,9-3-4-9)8-14-6-5-10(7-14)17-2/h9-10,13H,3-8H2,1-2H3,(H,15,16). The van der Waals surface area contributed by atoms with E-state index < -0.39 is 11.5 Å². The minimum Gasteiger partial charge on any atom is -0.480 e. The highest BCUT2D eigenvalue weighted by atomic mass is 16.5. The van der Waals surface area contributed by atoms with Crippen LogP contribution in [0.2, 0.25) is 0 Å². The summed E-state index contributed by atoms with van der Waals surface area (Å²) in [5, 5.41) is 12.6. The lowest BCUT2D eigenvalue weighted by atomic mass is 9.92. The number of likely N-dealkylation sites (N-methyl/N-ethyl adjacent to an activating group) is 1. The van der Waals surface area contributed by atoms with Gasteiger partial charge in [-0.15, -0.1) is 0 Å². The molecule has 1 saturated carbocycles. The lowest BCUT2D eigenvalue weighted by Crippen LogP contribution is -2.59. The van der Waals surface area contributed by atoms with Gasteiger partial charge in [-0.25, -0.2) is 0 Å². The molecule has 0 aromatic heterocycles. The average molecular weight is 242 g/mol. The number of methoxy groups -OCH3 is 1. The third-order valence-corrected chi connectivity index (χ3v) is 4.14. The van der Waals surface area contributed by atoms with Crippen LogP contribution in [0.3, 0.4) is 0 Å². The zero-order chi connectivity index (χ0) is 12.5. The fourth-order valence-corrected chi connectivity index (χ4v) is 2.82. The summed E-state index contributed by atoms with van der Waals surface area (Å²) in [5.41, 5.74) is -0.761. The molecule has 5 heteroatoms. The smallest absolute Gasteiger partial charge is 0.325 e. The molecule has 2 rings (SSSR count). The van der Waals surface area contributed by atoms with Gasteiger partial charge >= 0.3 is 5.97 Å². The third kappa shape index (κ3) is 2.46. The summed E-state index contributed by atoms with van der Waals surface area (Å²) in [6, 6.07) is 0. The monoisotopic (exact) mass is 242 g/mol. The van der Waals surface area contributed by atoms with Gasteiger partial charge < -0.3 is 15.2 Å². The maximum atomic E-state index is 11.6. The Hall–Kier alpha value is -0.650. The van der Waals surface area contributed by atoms with Gasteiger partial charge in [0.25, 0.3) is 0 Å². The Morgan fingerprint density at radius 1 is 1.53 bits per heavy atom. The first kappa shape index (κ1) is 12.8. The SMILES string of the molecule is CNC(CN1CCC(OC)C1)(C(=O)O)C1CC1. The zero-order valence-electron chi connectivity index (χ0n) is 10.6. The second-order valence-electron chi connectivity index (χ2n) is 5.18. The maximum Gasteiger partial charge on any atom is 0.325 e. The Balaban J connectivity index is 2.00. The second-order valence-corrected chi connectivity index (χ2v) is 5.18. The van der Waals surface area contributed by atoms with E-state index in [-0.39, 0.29) is 12.0 Å². The van der Waals surface area contributed by atoms with Crippen molar-refractivity contribution < 1.29 is 14.6 Å². The normalized spacial score (nSPS) is 29.2. The van der Waals surface area contributed by atoms with Crippen LogP contribution in [0.15, 0.2) is 0 Å². The number of carboxylic acid groups (broad SMARTS) is 1. The topological polar surface area (TPSA) is 61.8 Å². The van der Waals surface area contributed by atoms with E-state index in [1.807, 2.05) is 0 Å². The van der Waals surface area contributed by atoms with Crippen molar-refractivity contribution in [1.29, 1.82) is 0 Å². The Kier molecular flexibility index (Phi) is 3.70. The maximum absolute atomic E-state index is 11.6. The van der Waals surface area contributed by atoms with Crippen molar-refractivity contribution in [2.45, 2.75) is 30.9 Å². The van der Waals surface area contributed by atoms with Crippen LogP contribution in [-0.4, -0.2) is 61.4 Å². The molecule has 0 aromatic rings. The number of carbonyl (C=O) groups is 1. The van der Waals surface area contributed by atoms with Crippen LogP contribution in [0, 0.1) is 5.92 Å². The first-order valence-corrected chi connectivity index (χ1v) is 6.30. The van der Waals surface area contributed by atoms with Crippen molar-refractivity contribution >= 4 is 5.97 Å². The number of aliphatic carboxylic acids is 1. The molecule has 17 heavy (non-hydrogen) atoms. The minimum atomic E-state index is -0.761. The van der Waals surface area contributed by atoms with E-state index in [0.29, 0.717) is 6.54 Å². The summed E-state index contributed by atoms with van der Waals surface area (Å²) in [6.07, 6.45) is 3.31. The molecule has 0 bridgehead atoms. The molecule has 1 saturated heterocycles. The van der Waals surface area contributed by atoms with E-state index in [9.17, 15) is 9.90 Å². The predicted molar refractivity (Wildman–Crippen MR) is 64.0 cm³/mol. The number of rotatable bonds is 6. The van der Waals surface area contributed by atoms with Gasteiger partial charge in [-0.1, -0.05) is 0 Å². The molecule has 1 aliphatic heterocycles. The van der Waals surface area contributed by atoms with Crippen molar-refractivity contribution in [1.82, 2.24) is 10.2 Å². The molecule has 2 unspecified atom stereocenters. The van der Waals surface area contributed by atoms with E-state index in [2.05, 4.69) is 10.2 Å². The summed E-state index contributed by atoms with van der Waals surface area (Å²) >= 11 is 0. The van der Waals surface area contributed by atoms with E-state index in [4.69, 9.17) is 4.74 Å². The molecule has 0 aromatic carbocycles. The van der Waals surface area contributed by atoms with Gasteiger partial charge in [0.2, 0.25) is 0 Å². The lowest BCUT2D eigenvalue weighted by molar-refractivity contribution is -0.146. The van der Waals surface area contributed by atoms with E-state index >= 15 is 0 Å². The Morgan fingerprint density at radius 3 is 2.65 bits per heavy atom. The molecule has 2 fully saturated rings. The van der Waals surface area contributed by atoms with Crippen LogP contribution in [0.25, 0.3) is 0 Å². The molecular weight excluding hydrogens is 220 g/mol. The van der Waals surface area contributed by atoms with Gasteiger partial charge in [0.05, 0.1) is 6.10 Å². The van der Waals surface area contributed by atoms with Gasteiger partial charge in [-0.05, 0) is 32.2 Å². The molecule has 98 valence electrons. The molecule has 0 spiro atoms. The average Bonchev–Trinajstić information content (AvgIpc) is 3.06. The Morgan fingerprint density at radius 2 is 2.24 bits per heavy atom. The first-order valence-electron chi connectivity index (χ1n) is 6.30. The Labute approximate surface area is 102 Å². The summed E-state index contributed by atoms with van der Waals surface area (Å²) < 4.78 is 5.32. The van der Waals surface area contributed by atoms with Crippen molar-refractivity contribution in [2.24, 2.45) is 5.92 Å². The number of ether oxygens (including phenoxy) is 1. The van der Waals surface area contributed by atoms with Crippen molar-refractivity contribution in [2.75, 3.05) is 33.8 Å². The molecule has 1 aliphatic carbocycles. The van der Waals surface area contributed by atoms with Gasteiger partial charge in [-0.3, -0.25) is 9.69 Å². The first-order chi connectivity index (χ1) is 8.12. The van der Waals surface area contributed by atoms with Crippen molar-refractivity contribution in [3.63, 3.8) is 0 Å². The molecule has 0 amide bonds. The van der Waals surface area contributed by atoms with Gasteiger partial charge in [0, 0.05) is 26.7 Å². The van der Waals surface area contributed by atoms with E-state index in [0.717, 1.165) is 32.4 Å². The summed E-state index contributed by atoms with van der Waals surface area (Å²) in [6.45, 7) is 2.37. The Bertz CT molecular complexity index is 293. The van der Waals surface area contributed by atoms with Crippen LogP contribution in [0.1, 0.15) is 19.3 Å². The third-order valence-electron chi connectivity index (χ3n) is 4.14. The molecule has 1 heterocycles. The van der Waals surface area contributed by atoms with Crippen LogP contribution >= 0.6 is 0 Å². The van der Waals surface area contributed by atoms with Crippen LogP contribution < -0.4 is 5.32 Å². The number of likely N-dealkylation sites (tertiary alicyclic amines) is 1. The largest absolute Gasteiger partial charge is 0.480 e. The summed E-state index contributed by atoms with van der Waals surface area (Å²) in [7, 11) is 3.48. The quantitative estimate of drug-likeness (QED) is 0.695. The van der Waals surface area contributed by atoms with Crippen LogP contribution in [0.5, 0.6) is 0 Å². The fourth-order valence-electron chi connectivity index (χ4n) is 2.82. The molecule has 2 atom stereocenters. The van der Waals surface area contributed by atoms with Crippen molar-refractivity contribution in [3.05, 3.63) is 0 Å². The van der Waals surface area contributed by atoms with Gasteiger partial charge in [-0.2, -0.15) is 0 Å². The highest BCUT2D eigenvalue weighted by Crippen LogP contribution is 2.40. The lowest BCUT2D eigenvalue weighted by Gasteiger charge is -2.33. The predicted octanol–water partition coefficient (Wildman–Crippen LogP) is 0.160. The number of nitrogens with zero attached hydrogens (tertiary/aromatic N) is 1. The molecule has 0 radical (unpaired) electrons. The number of carboxylic acids is 1. The number of nitrogens with one attached hydrogen (secondary N) is 1. The second kappa shape index (κ2) is 4.92. The van der Waals surface area contributed by atoms with Gasteiger partial charge in [0.15, 0.2) is 0 Å². The van der Waals surface area contributed by atoms with Gasteiger partial charge in [0.1, 0.15) is 5.54 Å². The number of hydrogen-bond donors (Lipinski definition) is 2. The van der Waals surface area contributed by atoms with E-state index in [1.165, 1.54) is 0 Å². The highest BCUT2D eigenvalue weighted by molar-refractivity contribution is 5.80. The van der Waals surface area contributed by atoms with Crippen LogP contribution in [-0.2, 0) is 9.53 Å². The molecular formula is C12H22N2O3. The molecule has 5 nitrogen and oxygen atoms in total. The summed E-state index contributed by atoms with van der Waals surface area (Å²) in [5.74, 6) is -0.435. The number of hydrogen-bond acceptors (Lipinski definition) is 4. The molecule has 2 aliphatic rings. The summed E-state index contributed by atoms with van der Waals surface area (Å²) in [4.78, 5) is 13.8. The minimum absolute atomic E-state index is 0.262. The van der Waals surface area contributed by atoms with E-state index in [1.54, 1.807) is 14.2 Å². The molecule has 2 N–H and O–H groups in total. The van der Waals surface area contributed by atoms with Crippen molar-refractivity contribution in [3.8, 4) is 0 Å². The fraction of sp³-hybridized carbons (Fsp3) is 0.917. The zero-order valence-corrected chi connectivity index (χ0v) is 10.6. The van der Waals surface area contributed by atoms with Crippen LogP contribution in [0.4, 0.5) is 0 Å². The highest BCUT2D eigenvalue weighted by Gasteiger charge is 2.51.